The fourth-order valence-corrected chi connectivity index (χ4v) is 2.57. The minimum Gasteiger partial charge on any atom is -0.480 e. The summed E-state index contributed by atoms with van der Waals surface area (Å²) in [7, 11) is 0. The number of nitrogens with one attached hydrogen (secondary N) is 1. The molecule has 0 aliphatic carbocycles. The van der Waals surface area contributed by atoms with E-state index in [4.69, 9.17) is 9.84 Å². The lowest BCUT2D eigenvalue weighted by Gasteiger charge is -2.14. The van der Waals surface area contributed by atoms with Gasteiger partial charge in [-0.3, -0.25) is 4.79 Å². The van der Waals surface area contributed by atoms with Crippen molar-refractivity contribution < 1.29 is 14.6 Å². The van der Waals surface area contributed by atoms with Gasteiger partial charge < -0.3 is 15.2 Å². The van der Waals surface area contributed by atoms with Crippen LogP contribution in [0.15, 0.2) is 30.5 Å². The van der Waals surface area contributed by atoms with Gasteiger partial charge in [-0.15, -0.1) is 0 Å². The van der Waals surface area contributed by atoms with Gasteiger partial charge in [0.1, 0.15) is 12.1 Å². The molecule has 0 amide bonds. The summed E-state index contributed by atoms with van der Waals surface area (Å²) in [5.74, 6) is -0.262. The third-order valence-electron chi connectivity index (χ3n) is 3.65. The van der Waals surface area contributed by atoms with E-state index in [1.54, 1.807) is 6.20 Å². The van der Waals surface area contributed by atoms with Gasteiger partial charge in [-0.2, -0.15) is 0 Å². The minimum absolute atomic E-state index is 0.158. The average Bonchev–Trinajstić information content (AvgIpc) is 2.89. The number of rotatable bonds is 3. The second-order valence-corrected chi connectivity index (χ2v) is 5.06. The zero-order valence-electron chi connectivity index (χ0n) is 11.2. The van der Waals surface area contributed by atoms with E-state index in [0.717, 1.165) is 10.8 Å². The Morgan fingerprint density at radius 1 is 1.40 bits per heavy atom. The van der Waals surface area contributed by atoms with Crippen LogP contribution >= 0.6 is 0 Å². The largest absolute Gasteiger partial charge is 0.480 e. The molecule has 1 unspecified atom stereocenters. The molecule has 104 valence electrons. The molecule has 2 heterocycles. The van der Waals surface area contributed by atoms with Gasteiger partial charge in [0.2, 0.25) is 5.88 Å². The van der Waals surface area contributed by atoms with Crippen LogP contribution in [0.3, 0.4) is 0 Å². The van der Waals surface area contributed by atoms with Crippen molar-refractivity contribution >= 4 is 16.7 Å². The van der Waals surface area contributed by atoms with Gasteiger partial charge in [0.15, 0.2) is 0 Å². The van der Waals surface area contributed by atoms with Gasteiger partial charge >= 0.3 is 5.97 Å². The molecule has 2 aromatic rings. The summed E-state index contributed by atoms with van der Waals surface area (Å²) >= 11 is 0. The first-order chi connectivity index (χ1) is 9.65. The number of aromatic nitrogens is 1. The maximum absolute atomic E-state index is 10.9. The van der Waals surface area contributed by atoms with Crippen LogP contribution < -0.4 is 10.1 Å². The molecule has 2 atom stereocenters. The number of hydrogen-bond donors (Lipinski definition) is 2. The van der Waals surface area contributed by atoms with Crippen molar-refractivity contribution in [3.63, 3.8) is 0 Å². The molecular formula is C15H16N2O3. The number of benzene rings is 1. The van der Waals surface area contributed by atoms with Crippen molar-refractivity contribution in [2.45, 2.75) is 25.5 Å². The van der Waals surface area contributed by atoms with Gasteiger partial charge in [-0.05, 0) is 30.0 Å². The van der Waals surface area contributed by atoms with Gasteiger partial charge in [-0.1, -0.05) is 12.1 Å². The first-order valence-corrected chi connectivity index (χ1v) is 6.62. The predicted octanol–water partition coefficient (Wildman–Crippen LogP) is 1.74. The van der Waals surface area contributed by atoms with Crippen molar-refractivity contribution in [2.24, 2.45) is 0 Å². The number of ether oxygens (including phenoxy) is 1. The minimum atomic E-state index is -0.835. The van der Waals surface area contributed by atoms with E-state index < -0.39 is 12.0 Å². The van der Waals surface area contributed by atoms with Gasteiger partial charge in [0, 0.05) is 24.5 Å². The van der Waals surface area contributed by atoms with Crippen LogP contribution in [-0.2, 0) is 4.79 Å². The number of aliphatic carboxylic acids is 1. The number of carboxylic acid groups (broad SMARTS) is 1. The Labute approximate surface area is 116 Å². The van der Waals surface area contributed by atoms with Crippen LogP contribution in [0.4, 0.5) is 0 Å². The van der Waals surface area contributed by atoms with E-state index in [9.17, 15) is 4.79 Å². The number of aryl methyl sites for hydroxylation is 1. The molecule has 1 aromatic heterocycles. The quantitative estimate of drug-likeness (QED) is 0.890. The van der Waals surface area contributed by atoms with E-state index in [1.165, 1.54) is 5.56 Å². The highest BCUT2D eigenvalue weighted by molar-refractivity contribution is 5.89. The van der Waals surface area contributed by atoms with Crippen LogP contribution in [0, 0.1) is 6.92 Å². The average molecular weight is 272 g/mol. The van der Waals surface area contributed by atoms with Crippen molar-refractivity contribution in [3.8, 4) is 5.88 Å². The Kier molecular flexibility index (Phi) is 3.28. The van der Waals surface area contributed by atoms with Crippen LogP contribution in [0.5, 0.6) is 5.88 Å². The zero-order chi connectivity index (χ0) is 14.1. The van der Waals surface area contributed by atoms with Crippen LogP contribution in [0.1, 0.15) is 12.0 Å². The molecule has 0 radical (unpaired) electrons. The smallest absolute Gasteiger partial charge is 0.320 e. The highest BCUT2D eigenvalue weighted by Crippen LogP contribution is 2.27. The van der Waals surface area contributed by atoms with Gasteiger partial charge in [-0.25, -0.2) is 4.98 Å². The molecule has 5 nitrogen and oxygen atoms in total. The van der Waals surface area contributed by atoms with Crippen LogP contribution in [0.25, 0.3) is 10.8 Å². The summed E-state index contributed by atoms with van der Waals surface area (Å²) in [6.07, 6.45) is 2.02. The molecule has 1 aliphatic heterocycles. The number of hydrogen-bond acceptors (Lipinski definition) is 4. The molecule has 0 spiro atoms. The van der Waals surface area contributed by atoms with Gasteiger partial charge in [0.05, 0.1) is 0 Å². The fraction of sp³-hybridized carbons (Fsp3) is 0.333. The molecule has 2 N–H and O–H groups in total. The van der Waals surface area contributed by atoms with Crippen molar-refractivity contribution in [2.75, 3.05) is 6.54 Å². The van der Waals surface area contributed by atoms with E-state index in [-0.39, 0.29) is 6.10 Å². The highest BCUT2D eigenvalue weighted by Gasteiger charge is 2.30. The standard InChI is InChI=1S/C15H16N2O3/c1-9-3-2-4-12-11(9)5-6-16-14(12)20-10-7-13(15(18)19)17-8-10/h2-6,10,13,17H,7-8H2,1H3,(H,18,19)/t10?,13-/m0/s1. The molecule has 1 aromatic carbocycles. The van der Waals surface area contributed by atoms with Crippen LogP contribution in [-0.4, -0.2) is 34.8 Å². The second kappa shape index (κ2) is 5.09. The molecule has 1 saturated heterocycles. The summed E-state index contributed by atoms with van der Waals surface area (Å²) in [5, 5.41) is 14.0. The lowest BCUT2D eigenvalue weighted by Crippen LogP contribution is -2.30. The monoisotopic (exact) mass is 272 g/mol. The van der Waals surface area contributed by atoms with Crippen molar-refractivity contribution in [3.05, 3.63) is 36.0 Å². The first-order valence-electron chi connectivity index (χ1n) is 6.62. The Bertz CT molecular complexity index is 657. The predicted molar refractivity (Wildman–Crippen MR) is 74.9 cm³/mol. The summed E-state index contributed by atoms with van der Waals surface area (Å²) in [6.45, 7) is 2.57. The second-order valence-electron chi connectivity index (χ2n) is 5.06. The summed E-state index contributed by atoms with van der Waals surface area (Å²) in [6, 6.07) is 7.42. The van der Waals surface area contributed by atoms with Gasteiger partial charge in [0.25, 0.3) is 0 Å². The lowest BCUT2D eigenvalue weighted by atomic mass is 10.1. The summed E-state index contributed by atoms with van der Waals surface area (Å²) in [5.41, 5.74) is 1.17. The molecule has 0 saturated carbocycles. The summed E-state index contributed by atoms with van der Waals surface area (Å²) in [4.78, 5) is 15.2. The molecular weight excluding hydrogens is 256 g/mol. The number of carbonyl (C=O) groups is 1. The first kappa shape index (κ1) is 12.9. The normalized spacial score (nSPS) is 22.1. The Balaban J connectivity index is 1.85. The highest BCUT2D eigenvalue weighted by atomic mass is 16.5. The Morgan fingerprint density at radius 2 is 2.25 bits per heavy atom. The van der Waals surface area contributed by atoms with E-state index in [1.807, 2.05) is 31.2 Å². The maximum Gasteiger partial charge on any atom is 0.320 e. The molecule has 3 rings (SSSR count). The Hall–Kier alpha value is -2.14. The zero-order valence-corrected chi connectivity index (χ0v) is 11.2. The van der Waals surface area contributed by atoms with E-state index >= 15 is 0 Å². The molecule has 1 aliphatic rings. The number of nitrogens with zero attached hydrogens (tertiary/aromatic N) is 1. The van der Waals surface area contributed by atoms with Crippen LogP contribution in [0.2, 0.25) is 0 Å². The fourth-order valence-electron chi connectivity index (χ4n) is 2.57. The molecule has 1 fully saturated rings. The topological polar surface area (TPSA) is 71.5 Å². The summed E-state index contributed by atoms with van der Waals surface area (Å²) < 4.78 is 5.89. The lowest BCUT2D eigenvalue weighted by molar-refractivity contribution is -0.139. The SMILES string of the molecule is Cc1cccc2c(OC3CN[C@H](C(=O)O)C3)nccc12. The molecule has 5 heteroatoms. The van der Waals surface area contributed by atoms with Crippen molar-refractivity contribution in [1.82, 2.24) is 10.3 Å². The third-order valence-corrected chi connectivity index (χ3v) is 3.65. The number of carboxylic acids is 1. The molecule has 0 bridgehead atoms. The third kappa shape index (κ3) is 2.32. The maximum atomic E-state index is 10.9. The molecule has 20 heavy (non-hydrogen) atoms. The van der Waals surface area contributed by atoms with Crippen molar-refractivity contribution in [1.29, 1.82) is 0 Å². The Morgan fingerprint density at radius 3 is 3.00 bits per heavy atom. The number of pyridine rings is 1. The van der Waals surface area contributed by atoms with E-state index in [2.05, 4.69) is 10.3 Å². The number of fused-ring (bicyclic) bond motifs is 1. The van der Waals surface area contributed by atoms with E-state index in [0.29, 0.717) is 18.8 Å².